The predicted molar refractivity (Wildman–Crippen MR) is 228 cm³/mol. The molecule has 0 amide bonds. The van der Waals surface area contributed by atoms with E-state index in [0.717, 1.165) is 33.5 Å². The molecule has 0 aliphatic rings. The number of nitrogens with zero attached hydrogens (tertiary/aromatic N) is 4. The van der Waals surface area contributed by atoms with E-state index in [1.165, 1.54) is 54.1 Å². The maximum absolute atomic E-state index is 5.21. The summed E-state index contributed by atoms with van der Waals surface area (Å²) in [6, 6.07) is 68.6. The highest BCUT2D eigenvalue weighted by Gasteiger charge is 2.18. The van der Waals surface area contributed by atoms with Gasteiger partial charge in [-0.15, -0.1) is 0 Å². The molecule has 0 bridgehead atoms. The van der Waals surface area contributed by atoms with Crippen molar-refractivity contribution in [2.75, 3.05) is 0 Å². The van der Waals surface area contributed by atoms with Crippen LogP contribution >= 0.6 is 0 Å². The normalized spacial score (nSPS) is 11.6. The minimum Gasteiger partial charge on any atom is -0.309 e. The third-order valence-electron chi connectivity index (χ3n) is 10.8. The van der Waals surface area contributed by atoms with Gasteiger partial charge in [0.05, 0.1) is 16.7 Å². The average Bonchev–Trinajstić information content (AvgIpc) is 3.61. The summed E-state index contributed by atoms with van der Waals surface area (Å²) in [6.07, 6.45) is 0. The van der Waals surface area contributed by atoms with Gasteiger partial charge in [0.2, 0.25) is 0 Å². The van der Waals surface area contributed by atoms with Gasteiger partial charge >= 0.3 is 0 Å². The fraction of sp³-hybridized carbons (Fsp3) is 0. The number of hydrogen-bond donors (Lipinski definition) is 0. The summed E-state index contributed by atoms with van der Waals surface area (Å²) in [5.74, 6) is 1.91. The second kappa shape index (κ2) is 12.6. The summed E-state index contributed by atoms with van der Waals surface area (Å²) in [4.78, 5) is 15.4. The van der Waals surface area contributed by atoms with E-state index >= 15 is 0 Å². The molecule has 0 aliphatic heterocycles. The lowest BCUT2D eigenvalue weighted by Crippen LogP contribution is -2.01. The second-order valence-electron chi connectivity index (χ2n) is 14.0. The van der Waals surface area contributed by atoms with Gasteiger partial charge in [-0.2, -0.15) is 0 Å². The lowest BCUT2D eigenvalue weighted by atomic mass is 9.93. The van der Waals surface area contributed by atoms with Crippen LogP contribution < -0.4 is 0 Å². The van der Waals surface area contributed by atoms with E-state index in [9.17, 15) is 0 Å². The molecule has 4 nitrogen and oxygen atoms in total. The Kier molecular flexibility index (Phi) is 7.14. The van der Waals surface area contributed by atoms with Crippen molar-refractivity contribution in [2.45, 2.75) is 0 Å². The number of aromatic nitrogens is 4. The van der Waals surface area contributed by atoms with Crippen LogP contribution in [0.5, 0.6) is 0 Å². The van der Waals surface area contributed by atoms with Gasteiger partial charge in [0.15, 0.2) is 17.5 Å². The fourth-order valence-electron chi connectivity index (χ4n) is 8.32. The summed E-state index contributed by atoms with van der Waals surface area (Å²) in [5, 5.41) is 9.82. The summed E-state index contributed by atoms with van der Waals surface area (Å²) in [7, 11) is 0. The van der Waals surface area contributed by atoms with Gasteiger partial charge < -0.3 is 4.57 Å². The van der Waals surface area contributed by atoms with Gasteiger partial charge in [-0.1, -0.05) is 164 Å². The Morgan fingerprint density at radius 3 is 1.35 bits per heavy atom. The van der Waals surface area contributed by atoms with Crippen LogP contribution in [0.4, 0.5) is 0 Å². The van der Waals surface area contributed by atoms with Gasteiger partial charge in [-0.05, 0) is 68.2 Å². The Balaban J connectivity index is 1.09. The molecule has 0 radical (unpaired) electrons. The van der Waals surface area contributed by atoms with Gasteiger partial charge in [0, 0.05) is 33.0 Å². The first kappa shape index (κ1) is 31.1. The molecule has 2 heterocycles. The Hall–Kier alpha value is -7.43. The highest BCUT2D eigenvalue weighted by molar-refractivity contribution is 6.25. The molecule has 55 heavy (non-hydrogen) atoms. The van der Waals surface area contributed by atoms with E-state index < -0.39 is 0 Å². The molecule has 2 aromatic heterocycles. The zero-order chi connectivity index (χ0) is 36.3. The van der Waals surface area contributed by atoms with Crippen LogP contribution in [0, 0.1) is 0 Å². The molecule has 11 aromatic rings. The Morgan fingerprint density at radius 1 is 0.273 bits per heavy atom. The van der Waals surface area contributed by atoms with Crippen LogP contribution in [0.25, 0.3) is 105 Å². The monoisotopic (exact) mass is 700 g/mol. The van der Waals surface area contributed by atoms with E-state index in [1.54, 1.807) is 0 Å². The molecular formula is C51H32N4. The summed E-state index contributed by atoms with van der Waals surface area (Å²) < 4.78 is 2.38. The highest BCUT2D eigenvalue weighted by atomic mass is 15.0. The summed E-state index contributed by atoms with van der Waals surface area (Å²) in [5.41, 5.74) is 8.50. The minimum absolute atomic E-state index is 0.628. The quantitative estimate of drug-likeness (QED) is 0.168. The van der Waals surface area contributed by atoms with Crippen LogP contribution in [0.3, 0.4) is 0 Å². The molecule has 0 spiro atoms. The molecule has 0 saturated carbocycles. The van der Waals surface area contributed by atoms with Crippen LogP contribution in [-0.4, -0.2) is 19.5 Å². The van der Waals surface area contributed by atoms with Crippen molar-refractivity contribution in [3.63, 3.8) is 0 Å². The zero-order valence-corrected chi connectivity index (χ0v) is 29.8. The maximum Gasteiger partial charge on any atom is 0.164 e. The SMILES string of the molecule is c1ccc(-c2nc(-c3cccc(-c4ccccc4-n4c5ccccc5c5ccccc54)c3)nc(-c3ccc4c5ccccc5c5ccccc5c4c3)n2)cc1. The number of fused-ring (bicyclic) bond motifs is 9. The molecule has 11 rings (SSSR count). The lowest BCUT2D eigenvalue weighted by Gasteiger charge is -2.15. The van der Waals surface area contributed by atoms with Crippen molar-refractivity contribution in [3.05, 3.63) is 194 Å². The second-order valence-corrected chi connectivity index (χ2v) is 14.0. The average molecular weight is 701 g/mol. The highest BCUT2D eigenvalue weighted by Crippen LogP contribution is 2.39. The number of hydrogen-bond acceptors (Lipinski definition) is 3. The van der Waals surface area contributed by atoms with Gasteiger partial charge in [0.25, 0.3) is 0 Å². The molecule has 0 fully saturated rings. The van der Waals surface area contributed by atoms with E-state index in [-0.39, 0.29) is 0 Å². The molecule has 0 aliphatic carbocycles. The first-order valence-corrected chi connectivity index (χ1v) is 18.6. The maximum atomic E-state index is 5.21. The smallest absolute Gasteiger partial charge is 0.164 e. The topological polar surface area (TPSA) is 43.6 Å². The van der Waals surface area contributed by atoms with Crippen LogP contribution in [0.1, 0.15) is 0 Å². The summed E-state index contributed by atoms with van der Waals surface area (Å²) in [6.45, 7) is 0. The molecule has 9 aromatic carbocycles. The van der Waals surface area contributed by atoms with Crippen molar-refractivity contribution in [1.82, 2.24) is 19.5 Å². The van der Waals surface area contributed by atoms with Crippen LogP contribution in [-0.2, 0) is 0 Å². The molecule has 4 heteroatoms. The Labute approximate surface area is 317 Å². The molecule has 0 saturated heterocycles. The molecule has 0 unspecified atom stereocenters. The standard InChI is InChI=1S/C51H32N4/c1-2-15-33(16-3-1)49-52-50(54-51(53-49)36-29-30-42-40-22-5-4-20-38(40)39-21-6-7-23-41(39)45(42)32-36)35-18-14-17-34(31-35)37-19-8-11-26-46(37)55-47-27-12-9-24-43(47)44-25-10-13-28-48(44)55/h1-32H. The molecule has 0 N–H and O–H groups in total. The fourth-order valence-corrected chi connectivity index (χ4v) is 8.32. The molecular weight excluding hydrogens is 669 g/mol. The largest absolute Gasteiger partial charge is 0.309 e. The van der Waals surface area contributed by atoms with Gasteiger partial charge in [0.1, 0.15) is 0 Å². The predicted octanol–water partition coefficient (Wildman–Crippen LogP) is 13.1. The number of para-hydroxylation sites is 3. The number of rotatable bonds is 5. The third kappa shape index (κ3) is 5.11. The third-order valence-corrected chi connectivity index (χ3v) is 10.8. The van der Waals surface area contributed by atoms with Crippen molar-refractivity contribution in [3.8, 4) is 51.0 Å². The lowest BCUT2D eigenvalue weighted by molar-refractivity contribution is 1.07. The van der Waals surface area contributed by atoms with Crippen molar-refractivity contribution in [2.24, 2.45) is 0 Å². The van der Waals surface area contributed by atoms with Crippen molar-refractivity contribution < 1.29 is 0 Å². The van der Waals surface area contributed by atoms with Gasteiger partial charge in [-0.3, -0.25) is 0 Å². The first-order chi connectivity index (χ1) is 27.3. The first-order valence-electron chi connectivity index (χ1n) is 18.6. The molecule has 256 valence electrons. The van der Waals surface area contributed by atoms with Crippen molar-refractivity contribution in [1.29, 1.82) is 0 Å². The van der Waals surface area contributed by atoms with Crippen LogP contribution in [0.15, 0.2) is 194 Å². The summed E-state index contributed by atoms with van der Waals surface area (Å²) >= 11 is 0. The minimum atomic E-state index is 0.628. The van der Waals surface area contributed by atoms with Crippen molar-refractivity contribution >= 4 is 54.1 Å². The number of benzene rings is 9. The van der Waals surface area contributed by atoms with Crippen LogP contribution in [0.2, 0.25) is 0 Å². The Bertz CT molecular complexity index is 3180. The van der Waals surface area contributed by atoms with E-state index in [4.69, 9.17) is 15.0 Å². The van der Waals surface area contributed by atoms with E-state index in [1.807, 2.05) is 18.2 Å². The zero-order valence-electron chi connectivity index (χ0n) is 29.8. The van der Waals surface area contributed by atoms with Gasteiger partial charge in [-0.25, -0.2) is 15.0 Å². The van der Waals surface area contributed by atoms with E-state index in [2.05, 4.69) is 180 Å². The Morgan fingerprint density at radius 2 is 0.709 bits per heavy atom. The molecule has 0 atom stereocenters. The van der Waals surface area contributed by atoms with E-state index in [0.29, 0.717) is 17.5 Å².